The zero-order valence-corrected chi connectivity index (χ0v) is 11.4. The molecule has 0 radical (unpaired) electrons. The first kappa shape index (κ1) is 13.7. The highest BCUT2D eigenvalue weighted by atomic mass is 35.5. The minimum Gasteiger partial charge on any atom is -0.465 e. The van der Waals surface area contributed by atoms with Crippen molar-refractivity contribution in [3.63, 3.8) is 0 Å². The topological polar surface area (TPSA) is 43.4 Å². The van der Waals surface area contributed by atoms with Gasteiger partial charge in [-0.1, -0.05) is 0 Å². The number of benzene rings is 1. The maximum absolute atomic E-state index is 11.7. The molecule has 0 aliphatic carbocycles. The first-order valence-electron chi connectivity index (χ1n) is 5.21. The zero-order valence-electron chi connectivity index (χ0n) is 10.6. The van der Waals surface area contributed by atoms with Crippen LogP contribution in [0.4, 0.5) is 0 Å². The number of ether oxygens (including phenoxy) is 1. The maximum atomic E-state index is 11.7. The largest absolute Gasteiger partial charge is 0.465 e. The van der Waals surface area contributed by atoms with Crippen molar-refractivity contribution in [2.45, 2.75) is 27.7 Å². The molecular weight excluding hydrogens is 240 g/mol. The van der Waals surface area contributed by atoms with Gasteiger partial charge in [-0.25, -0.2) is 4.79 Å². The van der Waals surface area contributed by atoms with Crippen LogP contribution in [0.3, 0.4) is 0 Å². The van der Waals surface area contributed by atoms with Crippen molar-refractivity contribution < 1.29 is 14.3 Å². The van der Waals surface area contributed by atoms with Crippen LogP contribution in [0.15, 0.2) is 0 Å². The Morgan fingerprint density at radius 1 is 0.882 bits per heavy atom. The van der Waals surface area contributed by atoms with E-state index in [-0.39, 0.29) is 11.1 Å². The highest BCUT2D eigenvalue weighted by molar-refractivity contribution is 6.68. The van der Waals surface area contributed by atoms with E-state index in [0.29, 0.717) is 0 Å². The number of methoxy groups -OCH3 is 1. The van der Waals surface area contributed by atoms with E-state index in [2.05, 4.69) is 0 Å². The van der Waals surface area contributed by atoms with Crippen molar-refractivity contribution in [1.29, 1.82) is 0 Å². The summed E-state index contributed by atoms with van der Waals surface area (Å²) in [6.07, 6.45) is 0. The molecule has 0 atom stereocenters. The smallest absolute Gasteiger partial charge is 0.338 e. The third-order valence-corrected chi connectivity index (χ3v) is 3.46. The van der Waals surface area contributed by atoms with Crippen LogP contribution in [0.1, 0.15) is 43.0 Å². The molecule has 0 N–H and O–H groups in total. The molecule has 17 heavy (non-hydrogen) atoms. The van der Waals surface area contributed by atoms with Gasteiger partial charge in [0, 0.05) is 0 Å². The molecule has 92 valence electrons. The lowest BCUT2D eigenvalue weighted by atomic mass is 9.89. The Kier molecular flexibility index (Phi) is 3.94. The number of carbonyl (C=O) groups is 2. The third-order valence-electron chi connectivity index (χ3n) is 3.27. The number of carbonyl (C=O) groups excluding carboxylic acids is 2. The Hall–Kier alpha value is -1.35. The second kappa shape index (κ2) is 4.88. The molecule has 1 aromatic carbocycles. The van der Waals surface area contributed by atoms with Gasteiger partial charge in [-0.05, 0) is 61.5 Å². The Morgan fingerprint density at radius 3 is 1.65 bits per heavy atom. The molecule has 0 saturated heterocycles. The molecule has 1 rings (SSSR count). The second-order valence-corrected chi connectivity index (χ2v) is 4.36. The first-order valence-corrected chi connectivity index (χ1v) is 5.59. The summed E-state index contributed by atoms with van der Waals surface area (Å²) in [5, 5.41) is -0.630. The molecule has 0 fully saturated rings. The van der Waals surface area contributed by atoms with Crippen LogP contribution >= 0.6 is 11.6 Å². The number of rotatable bonds is 2. The molecule has 0 aliphatic heterocycles. The first-order chi connectivity index (χ1) is 7.82. The normalized spacial score (nSPS) is 10.2. The summed E-state index contributed by atoms with van der Waals surface area (Å²) in [4.78, 5) is 23.2. The fraction of sp³-hybridized carbons (Fsp3) is 0.385. The highest BCUT2D eigenvalue weighted by Crippen LogP contribution is 2.28. The molecule has 0 saturated carbocycles. The lowest BCUT2D eigenvalue weighted by molar-refractivity contribution is 0.0597. The molecule has 0 unspecified atom stereocenters. The van der Waals surface area contributed by atoms with E-state index in [9.17, 15) is 9.59 Å². The van der Waals surface area contributed by atoms with E-state index in [1.54, 1.807) is 13.8 Å². The predicted molar refractivity (Wildman–Crippen MR) is 66.9 cm³/mol. The summed E-state index contributed by atoms with van der Waals surface area (Å²) in [5.41, 5.74) is 3.94. The highest BCUT2D eigenvalue weighted by Gasteiger charge is 2.24. The molecule has 0 aromatic heterocycles. The fourth-order valence-corrected chi connectivity index (χ4v) is 2.15. The van der Waals surface area contributed by atoms with Gasteiger partial charge < -0.3 is 4.74 Å². The number of esters is 1. The van der Waals surface area contributed by atoms with Gasteiger partial charge in [0.1, 0.15) is 0 Å². The van der Waals surface area contributed by atoms with Crippen molar-refractivity contribution in [3.8, 4) is 0 Å². The van der Waals surface area contributed by atoms with Crippen molar-refractivity contribution in [2.24, 2.45) is 0 Å². The Morgan fingerprint density at radius 2 is 1.29 bits per heavy atom. The monoisotopic (exact) mass is 254 g/mol. The van der Waals surface area contributed by atoms with Crippen LogP contribution in [0.5, 0.6) is 0 Å². The van der Waals surface area contributed by atoms with Crippen LogP contribution in [-0.2, 0) is 4.74 Å². The van der Waals surface area contributed by atoms with Gasteiger partial charge in [-0.3, -0.25) is 4.79 Å². The second-order valence-electron chi connectivity index (χ2n) is 4.02. The zero-order chi connectivity index (χ0) is 13.3. The maximum Gasteiger partial charge on any atom is 0.338 e. The predicted octanol–water partition coefficient (Wildman–Crippen LogP) is 3.09. The lowest BCUT2D eigenvalue weighted by Crippen LogP contribution is -2.14. The van der Waals surface area contributed by atoms with E-state index < -0.39 is 11.2 Å². The van der Waals surface area contributed by atoms with E-state index in [4.69, 9.17) is 16.3 Å². The molecule has 0 amide bonds. The summed E-state index contributed by atoms with van der Waals surface area (Å²) >= 11 is 5.56. The van der Waals surface area contributed by atoms with Crippen LogP contribution in [0, 0.1) is 27.7 Å². The summed E-state index contributed by atoms with van der Waals surface area (Å²) in [6, 6.07) is 0. The van der Waals surface area contributed by atoms with Crippen molar-refractivity contribution in [1.82, 2.24) is 0 Å². The van der Waals surface area contributed by atoms with Gasteiger partial charge in [0.15, 0.2) is 0 Å². The van der Waals surface area contributed by atoms with Crippen molar-refractivity contribution in [3.05, 3.63) is 33.4 Å². The summed E-state index contributed by atoms with van der Waals surface area (Å²) in [6.45, 7) is 7.38. The van der Waals surface area contributed by atoms with Gasteiger partial charge in [-0.2, -0.15) is 0 Å². The molecule has 0 heterocycles. The fourth-order valence-electron chi connectivity index (χ4n) is 1.92. The summed E-state index contributed by atoms with van der Waals surface area (Å²) in [7, 11) is 1.29. The minimum atomic E-state index is -0.630. The average Bonchev–Trinajstić information content (AvgIpc) is 2.29. The molecule has 3 nitrogen and oxygen atoms in total. The third kappa shape index (κ3) is 2.20. The van der Waals surface area contributed by atoms with Crippen LogP contribution in [-0.4, -0.2) is 18.3 Å². The molecular formula is C13H15ClO3. The van der Waals surface area contributed by atoms with Crippen molar-refractivity contribution in [2.75, 3.05) is 7.11 Å². The van der Waals surface area contributed by atoms with Gasteiger partial charge in [0.25, 0.3) is 5.24 Å². The summed E-state index contributed by atoms with van der Waals surface area (Å²) in [5.74, 6) is -0.530. The van der Waals surface area contributed by atoms with Gasteiger partial charge >= 0.3 is 5.97 Å². The molecule has 0 bridgehead atoms. The van der Waals surface area contributed by atoms with E-state index >= 15 is 0 Å². The molecule has 4 heteroatoms. The van der Waals surface area contributed by atoms with Crippen LogP contribution in [0.2, 0.25) is 0 Å². The number of halogens is 1. The lowest BCUT2D eigenvalue weighted by Gasteiger charge is -2.16. The molecule has 0 aliphatic rings. The van der Waals surface area contributed by atoms with Crippen LogP contribution in [0.25, 0.3) is 0 Å². The quantitative estimate of drug-likeness (QED) is 0.602. The minimum absolute atomic E-state index is 0.249. The van der Waals surface area contributed by atoms with E-state index in [1.807, 2.05) is 13.8 Å². The van der Waals surface area contributed by atoms with Crippen LogP contribution < -0.4 is 0 Å². The Labute approximate surface area is 106 Å². The SMILES string of the molecule is COC(=O)c1c(C)c(C)c(C)c(C)c1C(=O)Cl. The van der Waals surface area contributed by atoms with E-state index in [0.717, 1.165) is 22.3 Å². The average molecular weight is 255 g/mol. The summed E-state index contributed by atoms with van der Waals surface area (Å²) < 4.78 is 4.71. The van der Waals surface area contributed by atoms with Gasteiger partial charge in [0.2, 0.25) is 0 Å². The van der Waals surface area contributed by atoms with Gasteiger partial charge in [0.05, 0.1) is 18.2 Å². The van der Waals surface area contributed by atoms with E-state index in [1.165, 1.54) is 7.11 Å². The molecule has 0 spiro atoms. The van der Waals surface area contributed by atoms with Gasteiger partial charge in [-0.15, -0.1) is 0 Å². The number of hydrogen-bond donors (Lipinski definition) is 0. The Bertz CT molecular complexity index is 504. The standard InChI is InChI=1S/C13H15ClO3/c1-6-7(2)9(4)11(13(16)17-5)10(8(6)3)12(14)15/h1-5H3. The Balaban J connectivity index is 3.78. The van der Waals surface area contributed by atoms with Crippen molar-refractivity contribution >= 4 is 22.8 Å². The number of hydrogen-bond acceptors (Lipinski definition) is 3. The molecule has 1 aromatic rings.